The van der Waals surface area contributed by atoms with Crippen LogP contribution >= 0.6 is 27.7 Å². The summed E-state index contributed by atoms with van der Waals surface area (Å²) in [5.41, 5.74) is 0.101. The van der Waals surface area contributed by atoms with E-state index in [1.165, 1.54) is 23.2 Å². The number of aryl methyl sites for hydroxylation is 1. The van der Waals surface area contributed by atoms with Crippen molar-refractivity contribution in [2.75, 3.05) is 11.6 Å². The molecule has 1 amide bonds. The molecule has 0 aliphatic heterocycles. The van der Waals surface area contributed by atoms with Gasteiger partial charge in [0, 0.05) is 24.7 Å². The molecular weight excluding hydrogens is 422 g/mol. The third-order valence-corrected chi connectivity index (χ3v) is 5.28. The molecule has 1 N–H and O–H groups in total. The van der Waals surface area contributed by atoms with Crippen molar-refractivity contribution in [1.29, 1.82) is 0 Å². The number of hydrogen-bond donors (Lipinski definition) is 1. The number of anilines is 1. The second-order valence-corrected chi connectivity index (χ2v) is 7.21. The number of thioether (sulfide) groups is 1. The standard InChI is InChI=1S/C16H16BrN5O3S/c1-20-13-12(14(24)21(2)16(20)25)19-15(17)22(13)8-11(23)18-9-5-4-6-10(7-9)26-3/h4-7H,8H2,1-3H3,(H,18,23). The second-order valence-electron chi connectivity index (χ2n) is 5.63. The Morgan fingerprint density at radius 3 is 2.69 bits per heavy atom. The summed E-state index contributed by atoms with van der Waals surface area (Å²) < 4.78 is 4.08. The highest BCUT2D eigenvalue weighted by atomic mass is 79.9. The van der Waals surface area contributed by atoms with Crippen LogP contribution in [0.1, 0.15) is 0 Å². The summed E-state index contributed by atoms with van der Waals surface area (Å²) in [6, 6.07) is 7.47. The Kier molecular flexibility index (Phi) is 5.05. The Bertz CT molecular complexity index is 1130. The van der Waals surface area contributed by atoms with Crippen molar-refractivity contribution in [3.05, 3.63) is 49.8 Å². The number of nitrogens with zero attached hydrogens (tertiary/aromatic N) is 4. The zero-order valence-corrected chi connectivity index (χ0v) is 16.7. The quantitative estimate of drug-likeness (QED) is 0.493. The SMILES string of the molecule is CSc1cccc(NC(=O)Cn2c(Br)nc3c(=O)n(C)c(=O)n(C)c32)c1. The molecule has 2 aromatic heterocycles. The fourth-order valence-electron chi connectivity index (χ4n) is 2.65. The number of aromatic nitrogens is 4. The van der Waals surface area contributed by atoms with E-state index in [2.05, 4.69) is 26.2 Å². The predicted molar refractivity (Wildman–Crippen MR) is 105 cm³/mol. The molecular formula is C16H16BrN5O3S. The fraction of sp³-hybridized carbons (Fsp3) is 0.250. The van der Waals surface area contributed by atoms with Gasteiger partial charge in [0.2, 0.25) is 5.91 Å². The molecule has 26 heavy (non-hydrogen) atoms. The molecule has 0 atom stereocenters. The van der Waals surface area contributed by atoms with Gasteiger partial charge < -0.3 is 5.32 Å². The molecule has 0 bridgehead atoms. The lowest BCUT2D eigenvalue weighted by Gasteiger charge is -2.10. The van der Waals surface area contributed by atoms with E-state index in [-0.39, 0.29) is 23.6 Å². The zero-order valence-electron chi connectivity index (χ0n) is 14.3. The maximum atomic E-state index is 12.5. The minimum atomic E-state index is -0.504. The number of imidazole rings is 1. The first-order valence-electron chi connectivity index (χ1n) is 7.59. The third-order valence-electron chi connectivity index (χ3n) is 3.95. The molecule has 0 aliphatic carbocycles. The molecule has 0 saturated heterocycles. The summed E-state index contributed by atoms with van der Waals surface area (Å²) in [6.07, 6.45) is 1.96. The maximum Gasteiger partial charge on any atom is 0.332 e. The number of hydrogen-bond acceptors (Lipinski definition) is 5. The highest BCUT2D eigenvalue weighted by Gasteiger charge is 2.19. The van der Waals surface area contributed by atoms with E-state index in [1.54, 1.807) is 17.8 Å². The molecule has 136 valence electrons. The topological polar surface area (TPSA) is 90.9 Å². The van der Waals surface area contributed by atoms with Crippen molar-refractivity contribution in [1.82, 2.24) is 18.7 Å². The Labute approximate surface area is 161 Å². The minimum absolute atomic E-state index is 0.0962. The highest BCUT2D eigenvalue weighted by molar-refractivity contribution is 9.10. The van der Waals surface area contributed by atoms with Crippen molar-refractivity contribution in [3.8, 4) is 0 Å². The van der Waals surface area contributed by atoms with Gasteiger partial charge in [0.1, 0.15) is 6.54 Å². The molecule has 0 radical (unpaired) electrons. The van der Waals surface area contributed by atoms with Crippen LogP contribution in [0.25, 0.3) is 11.2 Å². The average molecular weight is 438 g/mol. The first-order valence-corrected chi connectivity index (χ1v) is 9.61. The van der Waals surface area contributed by atoms with Crippen LogP contribution in [0, 0.1) is 0 Å². The highest BCUT2D eigenvalue weighted by Crippen LogP contribution is 2.20. The number of carbonyl (C=O) groups is 1. The van der Waals surface area contributed by atoms with Gasteiger partial charge in [-0.2, -0.15) is 0 Å². The van der Waals surface area contributed by atoms with Crippen LogP contribution in [0.2, 0.25) is 0 Å². The molecule has 0 saturated carbocycles. The van der Waals surface area contributed by atoms with Crippen LogP contribution in [0.3, 0.4) is 0 Å². The number of halogens is 1. The lowest BCUT2D eigenvalue weighted by Crippen LogP contribution is -2.37. The lowest BCUT2D eigenvalue weighted by molar-refractivity contribution is -0.116. The molecule has 0 unspecified atom stereocenters. The molecule has 8 nitrogen and oxygen atoms in total. The number of carbonyl (C=O) groups excluding carboxylic acids is 1. The minimum Gasteiger partial charge on any atom is -0.324 e. The van der Waals surface area contributed by atoms with Crippen molar-refractivity contribution < 1.29 is 4.79 Å². The summed E-state index contributed by atoms with van der Waals surface area (Å²) in [4.78, 5) is 42.1. The lowest BCUT2D eigenvalue weighted by atomic mass is 10.3. The van der Waals surface area contributed by atoms with E-state index in [0.29, 0.717) is 10.4 Å². The van der Waals surface area contributed by atoms with Crippen LogP contribution in [-0.4, -0.2) is 30.8 Å². The van der Waals surface area contributed by atoms with E-state index in [1.807, 2.05) is 24.5 Å². The molecule has 2 heterocycles. The van der Waals surface area contributed by atoms with Gasteiger partial charge in [-0.3, -0.25) is 23.3 Å². The molecule has 10 heteroatoms. The smallest absolute Gasteiger partial charge is 0.324 e. The van der Waals surface area contributed by atoms with Crippen LogP contribution < -0.4 is 16.6 Å². The summed E-state index contributed by atoms with van der Waals surface area (Å²) in [6.45, 7) is -0.0962. The number of nitrogens with one attached hydrogen (secondary N) is 1. The van der Waals surface area contributed by atoms with E-state index in [0.717, 1.165) is 9.46 Å². The van der Waals surface area contributed by atoms with E-state index >= 15 is 0 Å². The van der Waals surface area contributed by atoms with Crippen LogP contribution in [-0.2, 0) is 25.4 Å². The van der Waals surface area contributed by atoms with Crippen molar-refractivity contribution in [2.24, 2.45) is 14.1 Å². The van der Waals surface area contributed by atoms with Gasteiger partial charge in [0.15, 0.2) is 15.9 Å². The Morgan fingerprint density at radius 2 is 2.00 bits per heavy atom. The number of amides is 1. The maximum absolute atomic E-state index is 12.5. The summed E-state index contributed by atoms with van der Waals surface area (Å²) in [5, 5.41) is 2.81. The Morgan fingerprint density at radius 1 is 1.27 bits per heavy atom. The number of rotatable bonds is 4. The Hall–Kier alpha value is -2.33. The summed E-state index contributed by atoms with van der Waals surface area (Å²) >= 11 is 4.85. The van der Waals surface area contributed by atoms with Crippen LogP contribution in [0.5, 0.6) is 0 Å². The third kappa shape index (κ3) is 3.21. The molecule has 0 spiro atoms. The van der Waals surface area contributed by atoms with Crippen molar-refractivity contribution in [3.63, 3.8) is 0 Å². The summed E-state index contributed by atoms with van der Waals surface area (Å²) in [7, 11) is 2.93. The number of benzene rings is 1. The molecule has 3 rings (SSSR count). The number of fused-ring (bicyclic) bond motifs is 1. The summed E-state index contributed by atoms with van der Waals surface area (Å²) in [5.74, 6) is -0.295. The van der Waals surface area contributed by atoms with Gasteiger partial charge in [-0.05, 0) is 40.4 Å². The molecule has 1 aromatic carbocycles. The van der Waals surface area contributed by atoms with Crippen LogP contribution in [0.15, 0.2) is 43.5 Å². The monoisotopic (exact) mass is 437 g/mol. The Balaban J connectivity index is 1.98. The second kappa shape index (κ2) is 7.12. The van der Waals surface area contributed by atoms with Gasteiger partial charge in [0.25, 0.3) is 5.56 Å². The predicted octanol–water partition coefficient (Wildman–Crippen LogP) is 1.56. The van der Waals surface area contributed by atoms with Gasteiger partial charge in [0.05, 0.1) is 0 Å². The zero-order chi connectivity index (χ0) is 19.0. The molecule has 0 fully saturated rings. The molecule has 3 aromatic rings. The van der Waals surface area contributed by atoms with Crippen molar-refractivity contribution in [2.45, 2.75) is 11.4 Å². The first kappa shape index (κ1) is 18.5. The van der Waals surface area contributed by atoms with Crippen LogP contribution in [0.4, 0.5) is 5.69 Å². The normalized spacial score (nSPS) is 11.1. The average Bonchev–Trinajstić information content (AvgIpc) is 2.94. The first-order chi connectivity index (χ1) is 12.3. The van der Waals surface area contributed by atoms with Gasteiger partial charge >= 0.3 is 5.69 Å². The van der Waals surface area contributed by atoms with E-state index < -0.39 is 11.2 Å². The largest absolute Gasteiger partial charge is 0.332 e. The van der Waals surface area contributed by atoms with Gasteiger partial charge in [-0.15, -0.1) is 11.8 Å². The van der Waals surface area contributed by atoms with E-state index in [4.69, 9.17) is 0 Å². The van der Waals surface area contributed by atoms with E-state index in [9.17, 15) is 14.4 Å². The van der Waals surface area contributed by atoms with Crippen molar-refractivity contribution >= 4 is 50.5 Å². The fourth-order valence-corrected chi connectivity index (χ4v) is 3.58. The molecule has 0 aliphatic rings. The van der Waals surface area contributed by atoms with Gasteiger partial charge in [-0.25, -0.2) is 9.78 Å². The van der Waals surface area contributed by atoms with Gasteiger partial charge in [-0.1, -0.05) is 6.07 Å².